The molecule has 0 radical (unpaired) electrons. The molecule has 2 aromatic heterocycles. The molecule has 0 aromatic carbocycles. The van der Waals surface area contributed by atoms with Crippen LogP contribution in [0.1, 0.15) is 16.9 Å². The summed E-state index contributed by atoms with van der Waals surface area (Å²) in [6.07, 6.45) is 0.444. The monoisotopic (exact) mass is 341 g/mol. The lowest BCUT2D eigenvalue weighted by molar-refractivity contribution is 0.305. The standard InChI is InChI=1S/C14H15NO3S3/c1-15(21(17,18)14-6-4-8-19-14)10-12-9-13(20-11-12)5-2-3-7-16/h4,6,8-9,11,16H,3,7,10H2,1H3. The second-order valence-corrected chi connectivity index (χ2v) is 8.42. The van der Waals surface area contributed by atoms with Crippen LogP contribution in [0, 0.1) is 11.8 Å². The summed E-state index contributed by atoms with van der Waals surface area (Å²) in [5.74, 6) is 5.80. The number of hydrogen-bond acceptors (Lipinski definition) is 5. The number of aliphatic hydroxyl groups excluding tert-OH is 1. The van der Waals surface area contributed by atoms with E-state index in [2.05, 4.69) is 11.8 Å². The number of sulfonamides is 1. The molecule has 0 bridgehead atoms. The fourth-order valence-corrected chi connectivity index (χ4v) is 4.77. The molecule has 0 amide bonds. The molecule has 0 aliphatic rings. The summed E-state index contributed by atoms with van der Waals surface area (Å²) in [6, 6.07) is 5.22. The molecule has 0 saturated carbocycles. The van der Waals surface area contributed by atoms with Crippen molar-refractivity contribution in [1.29, 1.82) is 0 Å². The molecule has 0 unspecified atom stereocenters. The molecule has 0 saturated heterocycles. The van der Waals surface area contributed by atoms with Crippen molar-refractivity contribution in [3.05, 3.63) is 39.4 Å². The van der Waals surface area contributed by atoms with Gasteiger partial charge in [0.1, 0.15) is 4.21 Å². The van der Waals surface area contributed by atoms with Gasteiger partial charge in [0.05, 0.1) is 11.5 Å². The first-order valence-corrected chi connectivity index (χ1v) is 9.41. The first-order valence-electron chi connectivity index (χ1n) is 6.21. The Morgan fingerprint density at radius 3 is 2.86 bits per heavy atom. The number of hydrogen-bond donors (Lipinski definition) is 1. The second-order valence-electron chi connectivity index (χ2n) is 4.29. The fraction of sp³-hybridized carbons (Fsp3) is 0.286. The summed E-state index contributed by atoms with van der Waals surface area (Å²) in [6.45, 7) is 0.367. The third-order valence-electron chi connectivity index (χ3n) is 2.67. The highest BCUT2D eigenvalue weighted by atomic mass is 32.2. The predicted octanol–water partition coefficient (Wildman–Crippen LogP) is 2.36. The van der Waals surface area contributed by atoms with Gasteiger partial charge in [0.15, 0.2) is 0 Å². The molecule has 7 heteroatoms. The Bertz CT molecular complexity index is 736. The van der Waals surface area contributed by atoms with Crippen molar-refractivity contribution in [2.24, 2.45) is 0 Å². The van der Waals surface area contributed by atoms with Crippen LogP contribution in [-0.2, 0) is 16.6 Å². The molecule has 0 atom stereocenters. The first kappa shape index (κ1) is 16.2. The summed E-state index contributed by atoms with van der Waals surface area (Å²) >= 11 is 2.69. The molecule has 2 heterocycles. The molecular formula is C14H15NO3S3. The van der Waals surface area contributed by atoms with E-state index in [0.29, 0.717) is 17.2 Å². The van der Waals surface area contributed by atoms with Gasteiger partial charge in [0, 0.05) is 20.0 Å². The zero-order chi connectivity index (χ0) is 15.3. The third kappa shape index (κ3) is 4.15. The molecule has 2 aromatic rings. The van der Waals surface area contributed by atoms with Gasteiger partial charge in [-0.3, -0.25) is 0 Å². The summed E-state index contributed by atoms with van der Waals surface area (Å²) in [5, 5.41) is 12.3. The van der Waals surface area contributed by atoms with Gasteiger partial charge < -0.3 is 5.11 Å². The highest BCUT2D eigenvalue weighted by Gasteiger charge is 2.21. The Balaban J connectivity index is 2.07. The number of nitrogens with zero attached hydrogens (tertiary/aromatic N) is 1. The van der Waals surface area contributed by atoms with E-state index < -0.39 is 10.0 Å². The van der Waals surface area contributed by atoms with Crippen LogP contribution in [0.2, 0.25) is 0 Å². The fourth-order valence-electron chi connectivity index (χ4n) is 1.64. The Labute approximate surface area is 132 Å². The van der Waals surface area contributed by atoms with Crippen LogP contribution in [0.3, 0.4) is 0 Å². The lowest BCUT2D eigenvalue weighted by Gasteiger charge is -2.14. The van der Waals surface area contributed by atoms with Crippen molar-refractivity contribution in [2.45, 2.75) is 17.2 Å². The zero-order valence-electron chi connectivity index (χ0n) is 11.4. The molecule has 0 aliphatic carbocycles. The minimum atomic E-state index is -3.42. The molecule has 2 rings (SSSR count). The number of rotatable bonds is 5. The van der Waals surface area contributed by atoms with Gasteiger partial charge in [-0.25, -0.2) is 8.42 Å². The van der Waals surface area contributed by atoms with E-state index in [4.69, 9.17) is 5.11 Å². The van der Waals surface area contributed by atoms with Crippen molar-refractivity contribution < 1.29 is 13.5 Å². The second kappa shape index (κ2) is 7.20. The van der Waals surface area contributed by atoms with E-state index in [1.54, 1.807) is 24.6 Å². The van der Waals surface area contributed by atoms with Crippen LogP contribution >= 0.6 is 22.7 Å². The summed E-state index contributed by atoms with van der Waals surface area (Å²) in [7, 11) is -1.84. The van der Waals surface area contributed by atoms with Crippen LogP contribution in [0.25, 0.3) is 0 Å². The van der Waals surface area contributed by atoms with E-state index in [1.165, 1.54) is 27.0 Å². The van der Waals surface area contributed by atoms with E-state index in [0.717, 1.165) is 10.4 Å². The van der Waals surface area contributed by atoms with Gasteiger partial charge in [-0.2, -0.15) is 4.31 Å². The lowest BCUT2D eigenvalue weighted by atomic mass is 10.3. The van der Waals surface area contributed by atoms with Gasteiger partial charge in [-0.05, 0) is 28.5 Å². The molecule has 0 spiro atoms. The van der Waals surface area contributed by atoms with E-state index in [1.807, 2.05) is 11.4 Å². The largest absolute Gasteiger partial charge is 0.395 e. The average Bonchev–Trinajstić information content (AvgIpc) is 3.10. The van der Waals surface area contributed by atoms with Crippen LogP contribution in [-0.4, -0.2) is 31.5 Å². The van der Waals surface area contributed by atoms with Crippen molar-refractivity contribution in [3.8, 4) is 11.8 Å². The maximum absolute atomic E-state index is 12.3. The van der Waals surface area contributed by atoms with E-state index in [-0.39, 0.29) is 6.61 Å². The van der Waals surface area contributed by atoms with Crippen molar-refractivity contribution in [3.63, 3.8) is 0 Å². The summed E-state index contributed by atoms with van der Waals surface area (Å²) in [5.41, 5.74) is 0.913. The Kier molecular flexibility index (Phi) is 5.56. The van der Waals surface area contributed by atoms with Gasteiger partial charge >= 0.3 is 0 Å². The zero-order valence-corrected chi connectivity index (χ0v) is 13.9. The summed E-state index contributed by atoms with van der Waals surface area (Å²) < 4.78 is 26.3. The van der Waals surface area contributed by atoms with Gasteiger partial charge in [-0.15, -0.1) is 22.7 Å². The van der Waals surface area contributed by atoms with Gasteiger partial charge in [0.25, 0.3) is 10.0 Å². The van der Waals surface area contributed by atoms with Crippen LogP contribution in [0.4, 0.5) is 0 Å². The van der Waals surface area contributed by atoms with Crippen molar-refractivity contribution in [2.75, 3.05) is 13.7 Å². The van der Waals surface area contributed by atoms with Crippen molar-refractivity contribution >= 4 is 32.7 Å². The minimum Gasteiger partial charge on any atom is -0.395 e. The quantitative estimate of drug-likeness (QED) is 0.850. The lowest BCUT2D eigenvalue weighted by Crippen LogP contribution is -2.25. The van der Waals surface area contributed by atoms with Crippen LogP contribution in [0.5, 0.6) is 0 Å². The minimum absolute atomic E-state index is 0.0486. The molecular weight excluding hydrogens is 326 g/mol. The van der Waals surface area contributed by atoms with Gasteiger partial charge in [-0.1, -0.05) is 17.9 Å². The molecule has 112 valence electrons. The highest BCUT2D eigenvalue weighted by Crippen LogP contribution is 2.22. The maximum Gasteiger partial charge on any atom is 0.252 e. The van der Waals surface area contributed by atoms with Crippen molar-refractivity contribution in [1.82, 2.24) is 4.31 Å². The van der Waals surface area contributed by atoms with Crippen LogP contribution < -0.4 is 0 Å². The predicted molar refractivity (Wildman–Crippen MR) is 85.9 cm³/mol. The Morgan fingerprint density at radius 1 is 1.38 bits per heavy atom. The smallest absolute Gasteiger partial charge is 0.252 e. The molecule has 4 nitrogen and oxygen atoms in total. The highest BCUT2D eigenvalue weighted by molar-refractivity contribution is 7.91. The van der Waals surface area contributed by atoms with Gasteiger partial charge in [0.2, 0.25) is 0 Å². The Hall–Kier alpha value is -1.17. The van der Waals surface area contributed by atoms with E-state index in [9.17, 15) is 8.42 Å². The maximum atomic E-state index is 12.3. The molecule has 0 aliphatic heterocycles. The third-order valence-corrected chi connectivity index (χ3v) is 6.74. The molecule has 21 heavy (non-hydrogen) atoms. The topological polar surface area (TPSA) is 57.6 Å². The normalized spacial score (nSPS) is 11.4. The summed E-state index contributed by atoms with van der Waals surface area (Å²) in [4.78, 5) is 0.875. The molecule has 1 N–H and O–H groups in total. The SMILES string of the molecule is CN(Cc1csc(C#CCCO)c1)S(=O)(=O)c1cccs1. The molecule has 0 fully saturated rings. The van der Waals surface area contributed by atoms with E-state index >= 15 is 0 Å². The first-order chi connectivity index (χ1) is 10.0. The average molecular weight is 341 g/mol. The Morgan fingerprint density at radius 2 is 2.19 bits per heavy atom. The number of thiophene rings is 2. The number of aliphatic hydroxyl groups is 1. The van der Waals surface area contributed by atoms with Crippen LogP contribution in [0.15, 0.2) is 33.2 Å².